The summed E-state index contributed by atoms with van der Waals surface area (Å²) in [5.74, 6) is -0.184. The van der Waals surface area contributed by atoms with Crippen LogP contribution in [0.5, 0.6) is 0 Å². The number of nitrogens with zero attached hydrogens (tertiary/aromatic N) is 2. The molecule has 25 heavy (non-hydrogen) atoms. The first-order valence-corrected chi connectivity index (χ1v) is 7.95. The molecule has 0 bridgehead atoms. The number of nitrogens with one attached hydrogen (secondary N) is 1. The van der Waals surface area contributed by atoms with E-state index in [9.17, 15) is 19.7 Å². The third-order valence-electron chi connectivity index (χ3n) is 4.08. The second kappa shape index (κ2) is 7.12. The van der Waals surface area contributed by atoms with Crippen LogP contribution in [0, 0.1) is 10.1 Å². The first-order chi connectivity index (χ1) is 12.0. The summed E-state index contributed by atoms with van der Waals surface area (Å²) in [7, 11) is 0. The molecule has 0 unspecified atom stereocenters. The molecule has 0 saturated carbocycles. The van der Waals surface area contributed by atoms with Gasteiger partial charge < -0.3 is 10.2 Å². The van der Waals surface area contributed by atoms with Crippen molar-refractivity contribution in [1.29, 1.82) is 0 Å². The van der Waals surface area contributed by atoms with Crippen LogP contribution in [-0.4, -0.2) is 28.2 Å². The topological polar surface area (TPSA) is 92.5 Å². The van der Waals surface area contributed by atoms with Crippen molar-refractivity contribution in [3.8, 4) is 0 Å². The van der Waals surface area contributed by atoms with Gasteiger partial charge in [0.05, 0.1) is 4.92 Å². The van der Waals surface area contributed by atoms with Crippen LogP contribution in [0.25, 0.3) is 0 Å². The molecule has 1 heterocycles. The van der Waals surface area contributed by atoms with Gasteiger partial charge in [-0.1, -0.05) is 18.2 Å². The maximum absolute atomic E-state index is 12.3. The van der Waals surface area contributed by atoms with Gasteiger partial charge in [0.15, 0.2) is 0 Å². The summed E-state index contributed by atoms with van der Waals surface area (Å²) in [6, 6.07) is 12.8. The van der Waals surface area contributed by atoms with E-state index >= 15 is 0 Å². The Kier molecular flexibility index (Phi) is 4.74. The van der Waals surface area contributed by atoms with Crippen molar-refractivity contribution in [2.24, 2.45) is 0 Å². The molecule has 1 fully saturated rings. The van der Waals surface area contributed by atoms with Crippen molar-refractivity contribution in [2.45, 2.75) is 19.4 Å². The summed E-state index contributed by atoms with van der Waals surface area (Å²) >= 11 is 0. The molecular weight excluding hydrogens is 322 g/mol. The third kappa shape index (κ3) is 4.00. The summed E-state index contributed by atoms with van der Waals surface area (Å²) in [4.78, 5) is 36.0. The van der Waals surface area contributed by atoms with Gasteiger partial charge in [-0.2, -0.15) is 0 Å². The molecule has 2 aromatic rings. The fourth-order valence-electron chi connectivity index (χ4n) is 2.75. The van der Waals surface area contributed by atoms with Crippen molar-refractivity contribution in [3.63, 3.8) is 0 Å². The highest BCUT2D eigenvalue weighted by Crippen LogP contribution is 2.19. The second-order valence-corrected chi connectivity index (χ2v) is 5.88. The van der Waals surface area contributed by atoms with E-state index in [4.69, 9.17) is 0 Å². The summed E-state index contributed by atoms with van der Waals surface area (Å²) in [6.07, 6.45) is 1.49. The fourth-order valence-corrected chi connectivity index (χ4v) is 2.75. The van der Waals surface area contributed by atoms with Crippen LogP contribution >= 0.6 is 0 Å². The van der Waals surface area contributed by atoms with Crippen molar-refractivity contribution in [1.82, 2.24) is 4.90 Å². The fraction of sp³-hybridized carbons (Fsp3) is 0.222. The van der Waals surface area contributed by atoms with E-state index in [0.717, 1.165) is 18.5 Å². The highest BCUT2D eigenvalue weighted by molar-refractivity contribution is 6.04. The quantitative estimate of drug-likeness (QED) is 0.669. The lowest BCUT2D eigenvalue weighted by Gasteiger charge is -2.15. The minimum atomic E-state index is -0.510. The summed E-state index contributed by atoms with van der Waals surface area (Å²) in [5.41, 5.74) is 1.69. The lowest BCUT2D eigenvalue weighted by Crippen LogP contribution is -2.23. The van der Waals surface area contributed by atoms with Gasteiger partial charge in [-0.15, -0.1) is 0 Å². The van der Waals surface area contributed by atoms with E-state index in [1.165, 1.54) is 18.2 Å². The molecule has 3 rings (SSSR count). The number of rotatable bonds is 5. The zero-order chi connectivity index (χ0) is 17.8. The van der Waals surface area contributed by atoms with Gasteiger partial charge in [0.25, 0.3) is 11.6 Å². The van der Waals surface area contributed by atoms with E-state index in [1.807, 2.05) is 12.1 Å². The van der Waals surface area contributed by atoms with Crippen LogP contribution in [0.3, 0.4) is 0 Å². The van der Waals surface area contributed by atoms with Crippen LogP contribution in [-0.2, 0) is 11.3 Å². The lowest BCUT2D eigenvalue weighted by atomic mass is 10.1. The highest BCUT2D eigenvalue weighted by Gasteiger charge is 2.20. The average molecular weight is 339 g/mol. The zero-order valence-electron chi connectivity index (χ0n) is 13.5. The number of hydrogen-bond acceptors (Lipinski definition) is 4. The Morgan fingerprint density at radius 3 is 2.60 bits per heavy atom. The van der Waals surface area contributed by atoms with Gasteiger partial charge in [-0.25, -0.2) is 0 Å². The molecule has 1 N–H and O–H groups in total. The first-order valence-electron chi connectivity index (χ1n) is 7.95. The van der Waals surface area contributed by atoms with Crippen molar-refractivity contribution >= 4 is 23.2 Å². The number of hydrogen-bond donors (Lipinski definition) is 1. The van der Waals surface area contributed by atoms with E-state index in [0.29, 0.717) is 24.2 Å². The van der Waals surface area contributed by atoms with Crippen LogP contribution < -0.4 is 5.32 Å². The van der Waals surface area contributed by atoms with E-state index < -0.39 is 4.92 Å². The molecule has 0 aliphatic carbocycles. The Bertz CT molecular complexity index is 817. The molecule has 1 saturated heterocycles. The normalized spacial score (nSPS) is 13.8. The maximum atomic E-state index is 12.3. The van der Waals surface area contributed by atoms with E-state index in [1.54, 1.807) is 23.1 Å². The number of nitro benzene ring substituents is 1. The van der Waals surface area contributed by atoms with Crippen molar-refractivity contribution in [3.05, 3.63) is 69.8 Å². The molecule has 7 heteroatoms. The SMILES string of the molecule is O=C(Nc1cccc([N+](=O)[O-])c1)c1ccc(CN2CCCC2=O)cc1. The smallest absolute Gasteiger partial charge is 0.271 e. The number of carbonyl (C=O) groups is 2. The Balaban J connectivity index is 1.65. The minimum Gasteiger partial charge on any atom is -0.338 e. The number of nitro groups is 1. The van der Waals surface area contributed by atoms with Gasteiger partial charge in [0.1, 0.15) is 0 Å². The molecule has 0 aromatic heterocycles. The van der Waals surface area contributed by atoms with Gasteiger partial charge in [0.2, 0.25) is 5.91 Å². The summed E-state index contributed by atoms with van der Waals surface area (Å²) in [6.45, 7) is 1.32. The molecular formula is C18H17N3O4. The van der Waals surface area contributed by atoms with E-state index in [-0.39, 0.29) is 17.5 Å². The van der Waals surface area contributed by atoms with E-state index in [2.05, 4.69) is 5.32 Å². The maximum Gasteiger partial charge on any atom is 0.271 e. The number of benzene rings is 2. The van der Waals surface area contributed by atoms with Crippen molar-refractivity contribution in [2.75, 3.05) is 11.9 Å². The van der Waals surface area contributed by atoms with Gasteiger partial charge >= 0.3 is 0 Å². The van der Waals surface area contributed by atoms with Crippen LogP contribution in [0.2, 0.25) is 0 Å². The predicted octanol–water partition coefficient (Wildman–Crippen LogP) is 2.97. The molecule has 0 atom stereocenters. The Morgan fingerprint density at radius 2 is 1.96 bits per heavy atom. The number of non-ortho nitro benzene ring substituents is 1. The molecule has 1 aliphatic heterocycles. The molecule has 0 spiro atoms. The molecule has 2 amide bonds. The molecule has 1 aliphatic rings. The Hall–Kier alpha value is -3.22. The Morgan fingerprint density at radius 1 is 1.20 bits per heavy atom. The monoisotopic (exact) mass is 339 g/mol. The molecule has 7 nitrogen and oxygen atoms in total. The van der Waals surface area contributed by atoms with Crippen LogP contribution in [0.1, 0.15) is 28.8 Å². The minimum absolute atomic E-state index is 0.0802. The third-order valence-corrected chi connectivity index (χ3v) is 4.08. The van der Waals surface area contributed by atoms with Crippen LogP contribution in [0.4, 0.5) is 11.4 Å². The standard InChI is InChI=1S/C18H17N3O4/c22-17-5-2-10-20(17)12-13-6-8-14(9-7-13)18(23)19-15-3-1-4-16(11-15)21(24)25/h1,3-4,6-9,11H,2,5,10,12H2,(H,19,23). The zero-order valence-corrected chi connectivity index (χ0v) is 13.5. The molecule has 0 radical (unpaired) electrons. The largest absolute Gasteiger partial charge is 0.338 e. The Labute approximate surface area is 144 Å². The van der Waals surface area contributed by atoms with Gasteiger partial charge in [-0.05, 0) is 30.2 Å². The van der Waals surface area contributed by atoms with Gasteiger partial charge in [0, 0.05) is 42.9 Å². The first kappa shape index (κ1) is 16.6. The number of likely N-dealkylation sites (tertiary alicyclic amines) is 1. The number of amides is 2. The van der Waals surface area contributed by atoms with Crippen molar-refractivity contribution < 1.29 is 14.5 Å². The average Bonchev–Trinajstić information content (AvgIpc) is 3.00. The molecule has 2 aromatic carbocycles. The predicted molar refractivity (Wildman–Crippen MR) is 92.1 cm³/mol. The van der Waals surface area contributed by atoms with Gasteiger partial charge in [-0.3, -0.25) is 19.7 Å². The summed E-state index contributed by atoms with van der Waals surface area (Å²) in [5, 5.41) is 13.4. The lowest BCUT2D eigenvalue weighted by molar-refractivity contribution is -0.384. The number of anilines is 1. The molecule has 128 valence electrons. The second-order valence-electron chi connectivity index (χ2n) is 5.88. The highest BCUT2D eigenvalue weighted by atomic mass is 16.6. The number of carbonyl (C=O) groups excluding carboxylic acids is 2. The van der Waals surface area contributed by atoms with Crippen LogP contribution in [0.15, 0.2) is 48.5 Å². The summed E-state index contributed by atoms with van der Waals surface area (Å²) < 4.78 is 0.